The maximum absolute atomic E-state index is 9.80. The lowest BCUT2D eigenvalue weighted by atomic mass is 10.0. The standard InChI is InChI=1S/C17H26O2/c1-12(2)15-8-7-13(3)17(11-15)19-10-9-14-5-4-6-16(14)18/h7-8,11-12,14,16,18H,4-6,9-10H2,1-3H3. The van der Waals surface area contributed by atoms with Crippen LogP contribution in [0, 0.1) is 12.8 Å². The van der Waals surface area contributed by atoms with Gasteiger partial charge in [-0.3, -0.25) is 0 Å². The molecule has 0 aliphatic heterocycles. The molecule has 1 aliphatic rings. The van der Waals surface area contributed by atoms with Crippen LogP contribution in [-0.2, 0) is 0 Å². The van der Waals surface area contributed by atoms with Crippen LogP contribution < -0.4 is 4.74 Å². The Labute approximate surface area is 116 Å². The number of hydrogen-bond acceptors (Lipinski definition) is 2. The van der Waals surface area contributed by atoms with Crippen molar-refractivity contribution in [3.8, 4) is 5.75 Å². The molecule has 0 heterocycles. The SMILES string of the molecule is Cc1ccc(C(C)C)cc1OCCC1CCCC1O. The summed E-state index contributed by atoms with van der Waals surface area (Å²) in [5, 5.41) is 9.80. The third-order valence-electron chi connectivity index (χ3n) is 4.24. The van der Waals surface area contributed by atoms with E-state index in [0.717, 1.165) is 31.4 Å². The third kappa shape index (κ3) is 3.73. The number of aliphatic hydroxyl groups excluding tert-OH is 1. The Hall–Kier alpha value is -1.02. The van der Waals surface area contributed by atoms with Gasteiger partial charge in [-0.05, 0) is 55.2 Å². The summed E-state index contributed by atoms with van der Waals surface area (Å²) in [4.78, 5) is 0. The van der Waals surface area contributed by atoms with Gasteiger partial charge in [0.1, 0.15) is 5.75 Å². The predicted octanol–water partition coefficient (Wildman–Crippen LogP) is 4.05. The van der Waals surface area contributed by atoms with E-state index in [4.69, 9.17) is 4.74 Å². The van der Waals surface area contributed by atoms with Gasteiger partial charge in [0, 0.05) is 0 Å². The molecule has 0 aromatic heterocycles. The molecule has 0 saturated heterocycles. The van der Waals surface area contributed by atoms with Gasteiger partial charge < -0.3 is 9.84 Å². The quantitative estimate of drug-likeness (QED) is 0.867. The van der Waals surface area contributed by atoms with Crippen molar-refractivity contribution in [2.45, 2.75) is 58.5 Å². The number of rotatable bonds is 5. The summed E-state index contributed by atoms with van der Waals surface area (Å²) in [6.45, 7) is 7.20. The first-order chi connectivity index (χ1) is 9.08. The molecule has 1 fully saturated rings. The largest absolute Gasteiger partial charge is 0.493 e. The van der Waals surface area contributed by atoms with Crippen LogP contribution in [0.15, 0.2) is 18.2 Å². The second-order valence-electron chi connectivity index (χ2n) is 6.08. The molecule has 0 spiro atoms. The lowest BCUT2D eigenvalue weighted by Crippen LogP contribution is -2.16. The van der Waals surface area contributed by atoms with Crippen LogP contribution in [0.1, 0.15) is 56.6 Å². The molecule has 1 aromatic rings. The minimum absolute atomic E-state index is 0.105. The van der Waals surface area contributed by atoms with Crippen LogP contribution in [0.5, 0.6) is 5.75 Å². The van der Waals surface area contributed by atoms with Gasteiger partial charge in [-0.15, -0.1) is 0 Å². The Balaban J connectivity index is 1.90. The first-order valence-corrected chi connectivity index (χ1v) is 7.49. The number of benzene rings is 1. The van der Waals surface area contributed by atoms with Gasteiger partial charge in [0.25, 0.3) is 0 Å². The number of hydrogen-bond donors (Lipinski definition) is 1. The molecule has 1 aliphatic carbocycles. The van der Waals surface area contributed by atoms with Crippen LogP contribution in [0.2, 0.25) is 0 Å². The Kier molecular flexibility index (Phi) is 4.87. The normalized spacial score (nSPS) is 23.0. The van der Waals surface area contributed by atoms with Gasteiger partial charge in [-0.2, -0.15) is 0 Å². The summed E-state index contributed by atoms with van der Waals surface area (Å²) in [5.74, 6) is 1.96. The van der Waals surface area contributed by atoms with Crippen LogP contribution in [-0.4, -0.2) is 17.8 Å². The van der Waals surface area contributed by atoms with Gasteiger partial charge in [0.2, 0.25) is 0 Å². The summed E-state index contributed by atoms with van der Waals surface area (Å²) < 4.78 is 5.93. The number of aliphatic hydroxyl groups is 1. The topological polar surface area (TPSA) is 29.5 Å². The highest BCUT2D eigenvalue weighted by Crippen LogP contribution is 2.29. The van der Waals surface area contributed by atoms with E-state index >= 15 is 0 Å². The summed E-state index contributed by atoms with van der Waals surface area (Å²) in [6.07, 6.45) is 4.13. The van der Waals surface area contributed by atoms with Gasteiger partial charge >= 0.3 is 0 Å². The molecule has 1 saturated carbocycles. The first-order valence-electron chi connectivity index (χ1n) is 7.49. The monoisotopic (exact) mass is 262 g/mol. The summed E-state index contributed by atoms with van der Waals surface area (Å²) in [7, 11) is 0. The van der Waals surface area contributed by atoms with Crippen molar-refractivity contribution in [2.75, 3.05) is 6.61 Å². The molecule has 2 nitrogen and oxygen atoms in total. The molecule has 2 atom stereocenters. The van der Waals surface area contributed by atoms with Crippen LogP contribution >= 0.6 is 0 Å². The molecule has 1 aromatic carbocycles. The molecule has 0 radical (unpaired) electrons. The zero-order valence-corrected chi connectivity index (χ0v) is 12.4. The van der Waals surface area contributed by atoms with Crippen LogP contribution in [0.25, 0.3) is 0 Å². The van der Waals surface area contributed by atoms with Crippen molar-refractivity contribution >= 4 is 0 Å². The average molecular weight is 262 g/mol. The molecular formula is C17H26O2. The second kappa shape index (κ2) is 6.42. The zero-order valence-electron chi connectivity index (χ0n) is 12.4. The molecule has 1 N–H and O–H groups in total. The minimum atomic E-state index is -0.105. The van der Waals surface area contributed by atoms with E-state index in [9.17, 15) is 5.11 Å². The molecule has 106 valence electrons. The minimum Gasteiger partial charge on any atom is -0.493 e. The number of ether oxygens (including phenoxy) is 1. The van der Waals surface area contributed by atoms with Crippen molar-refractivity contribution in [2.24, 2.45) is 5.92 Å². The highest BCUT2D eigenvalue weighted by molar-refractivity contribution is 5.37. The maximum atomic E-state index is 9.80. The van der Waals surface area contributed by atoms with Gasteiger partial charge in [0.15, 0.2) is 0 Å². The van der Waals surface area contributed by atoms with Gasteiger partial charge in [0.05, 0.1) is 12.7 Å². The molecule has 2 heteroatoms. The van der Waals surface area contributed by atoms with E-state index in [1.165, 1.54) is 11.1 Å². The molecule has 2 rings (SSSR count). The predicted molar refractivity (Wildman–Crippen MR) is 78.7 cm³/mol. The van der Waals surface area contributed by atoms with Crippen molar-refractivity contribution in [3.05, 3.63) is 29.3 Å². The van der Waals surface area contributed by atoms with E-state index < -0.39 is 0 Å². The molecule has 2 unspecified atom stereocenters. The summed E-state index contributed by atoms with van der Waals surface area (Å²) in [5.41, 5.74) is 2.51. The highest BCUT2D eigenvalue weighted by atomic mass is 16.5. The van der Waals surface area contributed by atoms with Crippen molar-refractivity contribution in [1.29, 1.82) is 0 Å². The Morgan fingerprint density at radius 3 is 2.74 bits per heavy atom. The lowest BCUT2D eigenvalue weighted by molar-refractivity contribution is 0.116. The van der Waals surface area contributed by atoms with E-state index in [-0.39, 0.29) is 6.10 Å². The van der Waals surface area contributed by atoms with Crippen molar-refractivity contribution in [1.82, 2.24) is 0 Å². The maximum Gasteiger partial charge on any atom is 0.122 e. The van der Waals surface area contributed by atoms with E-state index in [0.29, 0.717) is 18.4 Å². The molecule has 0 amide bonds. The number of aryl methyl sites for hydroxylation is 1. The molecule has 19 heavy (non-hydrogen) atoms. The summed E-state index contributed by atoms with van der Waals surface area (Å²) >= 11 is 0. The third-order valence-corrected chi connectivity index (χ3v) is 4.24. The van der Waals surface area contributed by atoms with E-state index in [1.54, 1.807) is 0 Å². The van der Waals surface area contributed by atoms with Gasteiger partial charge in [-0.1, -0.05) is 32.4 Å². The Morgan fingerprint density at radius 2 is 2.11 bits per heavy atom. The zero-order chi connectivity index (χ0) is 13.8. The second-order valence-corrected chi connectivity index (χ2v) is 6.08. The fraction of sp³-hybridized carbons (Fsp3) is 0.647. The van der Waals surface area contributed by atoms with Crippen LogP contribution in [0.4, 0.5) is 0 Å². The smallest absolute Gasteiger partial charge is 0.122 e. The fourth-order valence-electron chi connectivity index (χ4n) is 2.81. The summed E-state index contributed by atoms with van der Waals surface area (Å²) in [6, 6.07) is 6.47. The Bertz CT molecular complexity index is 412. The van der Waals surface area contributed by atoms with E-state index in [2.05, 4.69) is 39.0 Å². The Morgan fingerprint density at radius 1 is 1.32 bits per heavy atom. The van der Waals surface area contributed by atoms with Gasteiger partial charge in [-0.25, -0.2) is 0 Å². The molecular weight excluding hydrogens is 236 g/mol. The highest BCUT2D eigenvalue weighted by Gasteiger charge is 2.24. The molecule has 0 bridgehead atoms. The van der Waals surface area contributed by atoms with Crippen molar-refractivity contribution in [3.63, 3.8) is 0 Å². The van der Waals surface area contributed by atoms with Crippen LogP contribution in [0.3, 0.4) is 0 Å². The van der Waals surface area contributed by atoms with Crippen molar-refractivity contribution < 1.29 is 9.84 Å². The average Bonchev–Trinajstić information content (AvgIpc) is 2.77. The fourth-order valence-corrected chi connectivity index (χ4v) is 2.81. The first kappa shape index (κ1) is 14.4. The van der Waals surface area contributed by atoms with E-state index in [1.807, 2.05) is 0 Å². The lowest BCUT2D eigenvalue weighted by Gasteiger charge is -2.16.